The number of anilines is 1. The number of aryl methyl sites for hydroxylation is 1. The lowest BCUT2D eigenvalue weighted by molar-refractivity contribution is -0.383. The Bertz CT molecular complexity index is 1070. The summed E-state index contributed by atoms with van der Waals surface area (Å²) in [7, 11) is 0. The molecule has 1 fully saturated rings. The first-order chi connectivity index (χ1) is 15.3. The third kappa shape index (κ3) is 6.24. The van der Waals surface area contributed by atoms with Crippen LogP contribution in [0.1, 0.15) is 36.8 Å². The molecule has 0 bridgehead atoms. The number of nitro benzene ring substituents is 1. The molecule has 0 aromatic heterocycles. The van der Waals surface area contributed by atoms with Gasteiger partial charge in [-0.15, -0.1) is 0 Å². The first-order valence-corrected chi connectivity index (χ1v) is 11.4. The van der Waals surface area contributed by atoms with E-state index in [1.807, 2.05) is 37.3 Å². The zero-order valence-electron chi connectivity index (χ0n) is 17.6. The molecule has 1 aliphatic heterocycles. The highest BCUT2D eigenvalue weighted by molar-refractivity contribution is 8.26. The Balaban J connectivity index is 1.43. The number of rotatable bonds is 9. The summed E-state index contributed by atoms with van der Waals surface area (Å²) in [6.45, 7) is 2.51. The summed E-state index contributed by atoms with van der Waals surface area (Å²) in [6.07, 6.45) is 4.16. The monoisotopic (exact) mass is 469 g/mol. The number of nitrogens with zero attached hydrogens (tertiary/aromatic N) is 2. The second-order valence-electron chi connectivity index (χ2n) is 7.38. The second-order valence-corrected chi connectivity index (χ2v) is 9.05. The summed E-state index contributed by atoms with van der Waals surface area (Å²) in [6, 6.07) is 14.0. The molecule has 2 amide bonds. The van der Waals surface area contributed by atoms with Gasteiger partial charge in [-0.05, 0) is 37.5 Å². The van der Waals surface area contributed by atoms with Crippen LogP contribution in [0.2, 0.25) is 0 Å². The van der Waals surface area contributed by atoms with Gasteiger partial charge in [0.2, 0.25) is 5.91 Å². The van der Waals surface area contributed by atoms with Crippen molar-refractivity contribution < 1.29 is 14.5 Å². The molecular formula is C23H23N3O4S2. The summed E-state index contributed by atoms with van der Waals surface area (Å²) >= 11 is 6.67. The highest BCUT2D eigenvalue weighted by Crippen LogP contribution is 2.32. The van der Waals surface area contributed by atoms with Crippen LogP contribution in [-0.4, -0.2) is 32.5 Å². The number of hydrogen-bond donors (Lipinski definition) is 1. The fourth-order valence-electron chi connectivity index (χ4n) is 3.19. The van der Waals surface area contributed by atoms with E-state index in [2.05, 4.69) is 5.32 Å². The Morgan fingerprint density at radius 1 is 1.16 bits per heavy atom. The van der Waals surface area contributed by atoms with Crippen LogP contribution in [0.5, 0.6) is 0 Å². The van der Waals surface area contributed by atoms with Crippen molar-refractivity contribution in [1.29, 1.82) is 0 Å². The summed E-state index contributed by atoms with van der Waals surface area (Å²) in [5, 5.41) is 13.6. The lowest BCUT2D eigenvalue weighted by Crippen LogP contribution is -2.29. The minimum Gasteiger partial charge on any atom is -0.320 e. The van der Waals surface area contributed by atoms with Gasteiger partial charge in [-0.3, -0.25) is 24.6 Å². The number of unbranched alkanes of at least 4 members (excludes halogenated alkanes) is 2. The van der Waals surface area contributed by atoms with Crippen LogP contribution in [0.15, 0.2) is 53.4 Å². The molecule has 32 heavy (non-hydrogen) atoms. The van der Waals surface area contributed by atoms with E-state index >= 15 is 0 Å². The van der Waals surface area contributed by atoms with Crippen molar-refractivity contribution >= 4 is 57.6 Å². The molecule has 1 heterocycles. The average Bonchev–Trinajstić information content (AvgIpc) is 3.02. The Morgan fingerprint density at radius 2 is 1.88 bits per heavy atom. The molecule has 0 spiro atoms. The lowest BCUT2D eigenvalue weighted by atomic mass is 10.1. The smallest absolute Gasteiger partial charge is 0.292 e. The van der Waals surface area contributed by atoms with Crippen LogP contribution < -0.4 is 5.32 Å². The van der Waals surface area contributed by atoms with Crippen molar-refractivity contribution in [2.45, 2.75) is 32.6 Å². The maximum Gasteiger partial charge on any atom is 0.292 e. The van der Waals surface area contributed by atoms with Crippen LogP contribution in [0.4, 0.5) is 11.4 Å². The van der Waals surface area contributed by atoms with Crippen LogP contribution in [0.25, 0.3) is 6.08 Å². The summed E-state index contributed by atoms with van der Waals surface area (Å²) in [5.41, 5.74) is 2.18. The highest BCUT2D eigenvalue weighted by Gasteiger charge is 2.31. The molecule has 0 atom stereocenters. The number of carbonyl (C=O) groups excluding carboxylic acids is 2. The van der Waals surface area contributed by atoms with Crippen LogP contribution in [0, 0.1) is 17.0 Å². The van der Waals surface area contributed by atoms with Crippen molar-refractivity contribution in [3.63, 3.8) is 0 Å². The van der Waals surface area contributed by atoms with Crippen molar-refractivity contribution in [2.24, 2.45) is 0 Å². The number of benzene rings is 2. The van der Waals surface area contributed by atoms with Crippen molar-refractivity contribution in [3.05, 3.63) is 74.7 Å². The van der Waals surface area contributed by atoms with Crippen molar-refractivity contribution in [2.75, 3.05) is 11.9 Å². The van der Waals surface area contributed by atoms with Gasteiger partial charge in [0.1, 0.15) is 10.0 Å². The minimum absolute atomic E-state index is 0.0882. The highest BCUT2D eigenvalue weighted by atomic mass is 32.2. The number of nitrogens with one attached hydrogen (secondary N) is 1. The molecule has 0 radical (unpaired) electrons. The van der Waals surface area contributed by atoms with E-state index in [9.17, 15) is 19.7 Å². The summed E-state index contributed by atoms with van der Waals surface area (Å²) in [5.74, 6) is -0.361. The SMILES string of the molecule is Cc1ccc(/C=C2\SC(=S)N(CCCCCC(=O)Nc3ccccc3[N+](=O)[O-])C2=O)cc1. The fraction of sp³-hybridized carbons (Fsp3) is 0.261. The third-order valence-electron chi connectivity index (χ3n) is 4.91. The topological polar surface area (TPSA) is 92.6 Å². The maximum absolute atomic E-state index is 12.7. The first kappa shape index (κ1) is 23.6. The zero-order valence-corrected chi connectivity index (χ0v) is 19.2. The van der Waals surface area contributed by atoms with Crippen molar-refractivity contribution in [1.82, 2.24) is 4.90 Å². The van der Waals surface area contributed by atoms with Gasteiger partial charge in [0.25, 0.3) is 11.6 Å². The van der Waals surface area contributed by atoms with Gasteiger partial charge in [0, 0.05) is 19.0 Å². The molecule has 0 aliphatic carbocycles. The molecule has 166 valence electrons. The van der Waals surface area contributed by atoms with E-state index in [1.54, 1.807) is 17.0 Å². The van der Waals surface area contributed by atoms with Crippen LogP contribution in [0.3, 0.4) is 0 Å². The van der Waals surface area contributed by atoms with E-state index in [1.165, 1.54) is 23.9 Å². The standard InChI is InChI=1S/C23H23N3O4S2/c1-16-10-12-17(13-11-16)15-20-22(28)25(23(31)32-20)14-6-2-3-9-21(27)24-18-7-4-5-8-19(18)26(29)30/h4-5,7-8,10-13,15H,2-3,6,9,14H2,1H3,(H,24,27)/b20-15-. The Morgan fingerprint density at radius 3 is 2.59 bits per heavy atom. The number of amides is 2. The van der Waals surface area contributed by atoms with Gasteiger partial charge in [-0.1, -0.05) is 72.4 Å². The molecule has 9 heteroatoms. The molecule has 1 N–H and O–H groups in total. The summed E-state index contributed by atoms with van der Waals surface area (Å²) in [4.78, 5) is 37.5. The molecule has 1 aliphatic rings. The molecule has 0 unspecified atom stereocenters. The van der Waals surface area contributed by atoms with Gasteiger partial charge in [0.15, 0.2) is 0 Å². The fourth-order valence-corrected chi connectivity index (χ4v) is 4.50. The van der Waals surface area contributed by atoms with Gasteiger partial charge >= 0.3 is 0 Å². The maximum atomic E-state index is 12.7. The number of thiocarbonyl (C=S) groups is 1. The zero-order chi connectivity index (χ0) is 23.1. The summed E-state index contributed by atoms with van der Waals surface area (Å²) < 4.78 is 0.544. The third-order valence-corrected chi connectivity index (χ3v) is 6.29. The number of hydrogen-bond acceptors (Lipinski definition) is 6. The van der Waals surface area contributed by atoms with E-state index < -0.39 is 4.92 Å². The number of carbonyl (C=O) groups is 2. The van der Waals surface area contributed by atoms with E-state index in [4.69, 9.17) is 12.2 Å². The first-order valence-electron chi connectivity index (χ1n) is 10.2. The number of thioether (sulfide) groups is 1. The molecule has 7 nitrogen and oxygen atoms in total. The molecule has 0 saturated carbocycles. The molecule has 2 aromatic rings. The number of nitro groups is 1. The molecular weight excluding hydrogens is 446 g/mol. The average molecular weight is 470 g/mol. The normalized spacial score (nSPS) is 14.8. The second kappa shape index (κ2) is 11.0. The van der Waals surface area contributed by atoms with Crippen molar-refractivity contribution in [3.8, 4) is 0 Å². The molecule has 2 aromatic carbocycles. The van der Waals surface area contributed by atoms with Crippen LogP contribution in [-0.2, 0) is 9.59 Å². The quantitative estimate of drug-likeness (QED) is 0.176. The predicted octanol–water partition coefficient (Wildman–Crippen LogP) is 5.30. The van der Waals surface area contributed by atoms with Crippen LogP contribution >= 0.6 is 24.0 Å². The molecule has 1 saturated heterocycles. The molecule has 3 rings (SSSR count). The van der Waals surface area contributed by atoms with Gasteiger partial charge in [-0.25, -0.2) is 0 Å². The van der Waals surface area contributed by atoms with E-state index in [-0.39, 0.29) is 29.6 Å². The lowest BCUT2D eigenvalue weighted by Gasteiger charge is -2.14. The van der Waals surface area contributed by atoms with Gasteiger partial charge < -0.3 is 5.32 Å². The van der Waals surface area contributed by atoms with E-state index in [0.29, 0.717) is 28.6 Å². The Kier molecular flexibility index (Phi) is 8.13. The Labute approximate surface area is 196 Å². The largest absolute Gasteiger partial charge is 0.320 e. The predicted molar refractivity (Wildman–Crippen MR) is 131 cm³/mol. The van der Waals surface area contributed by atoms with Gasteiger partial charge in [0.05, 0.1) is 9.83 Å². The van der Waals surface area contributed by atoms with E-state index in [0.717, 1.165) is 17.5 Å². The number of para-hydroxylation sites is 2. The van der Waals surface area contributed by atoms with Gasteiger partial charge in [-0.2, -0.15) is 0 Å². The Hall–Kier alpha value is -3.04. The minimum atomic E-state index is -0.523.